The topological polar surface area (TPSA) is 49.9 Å². The van der Waals surface area contributed by atoms with Crippen LogP contribution in [-0.2, 0) is 5.38 Å². The van der Waals surface area contributed by atoms with Gasteiger partial charge in [0.25, 0.3) is 5.56 Å². The normalized spacial score (nSPS) is 11.0. The molecule has 0 atom stereocenters. The Morgan fingerprint density at radius 2 is 1.73 bits per heavy atom. The first-order valence-electron chi connectivity index (χ1n) is 7.81. The molecule has 0 spiro atoms. The fourth-order valence-electron chi connectivity index (χ4n) is 2.09. The van der Waals surface area contributed by atoms with Gasteiger partial charge in [0.05, 0.1) is 10.6 Å². The molecule has 142 valence electrons. The first-order chi connectivity index (χ1) is 12.0. The highest BCUT2D eigenvalue weighted by Crippen LogP contribution is 2.40. The van der Waals surface area contributed by atoms with Crippen molar-refractivity contribution in [1.82, 2.24) is 4.98 Å². The minimum atomic E-state index is -3.75. The van der Waals surface area contributed by atoms with Crippen molar-refractivity contribution in [2.75, 3.05) is 0 Å². The van der Waals surface area contributed by atoms with Crippen molar-refractivity contribution in [1.29, 1.82) is 0 Å². The second-order valence-corrected chi connectivity index (χ2v) is 7.15. The van der Waals surface area contributed by atoms with E-state index < -0.39 is 22.4 Å². The molecular weight excluding hydrogens is 403 g/mol. The third-order valence-electron chi connectivity index (χ3n) is 3.35. The quantitative estimate of drug-likeness (QED) is 0.464. The SMILES string of the molecule is CC.CC(=O)c1c(Sc2c(C)ccc(C)c2Cl)cc(C(F)(F)Cl)[nH]c1=O. The molecule has 8 heteroatoms. The summed E-state index contributed by atoms with van der Waals surface area (Å²) in [7, 11) is 0. The highest BCUT2D eigenvalue weighted by Gasteiger charge is 2.31. The zero-order chi connectivity index (χ0) is 20.2. The van der Waals surface area contributed by atoms with Crippen LogP contribution in [0.5, 0.6) is 0 Å². The first kappa shape index (κ1) is 22.7. The molecule has 26 heavy (non-hydrogen) atoms. The standard InChI is InChI=1S/C16H13Cl2F2NO2S.C2H6/c1-7-4-5-8(2)14(13(7)17)24-10-6-11(16(18,19)20)21-15(23)12(10)9(3)22;1-2/h4-6H,1-3H3,(H,21,23);1-2H3. The van der Waals surface area contributed by atoms with Crippen LogP contribution < -0.4 is 5.56 Å². The third kappa shape index (κ3) is 5.09. The number of carbonyl (C=O) groups excluding carboxylic acids is 1. The summed E-state index contributed by atoms with van der Waals surface area (Å²) >= 11 is 12.3. The summed E-state index contributed by atoms with van der Waals surface area (Å²) in [6, 6.07) is 4.65. The van der Waals surface area contributed by atoms with Gasteiger partial charge in [0.15, 0.2) is 5.78 Å². The van der Waals surface area contributed by atoms with Crippen LogP contribution in [0.1, 0.15) is 48.0 Å². The van der Waals surface area contributed by atoms with Crippen LogP contribution in [0.3, 0.4) is 0 Å². The maximum absolute atomic E-state index is 13.4. The van der Waals surface area contributed by atoms with Gasteiger partial charge in [-0.2, -0.15) is 8.78 Å². The minimum Gasteiger partial charge on any atom is -0.319 e. The molecule has 1 heterocycles. The molecule has 0 aliphatic rings. The van der Waals surface area contributed by atoms with Gasteiger partial charge in [0.1, 0.15) is 5.69 Å². The average molecular weight is 422 g/mol. The van der Waals surface area contributed by atoms with Crippen LogP contribution in [0.2, 0.25) is 5.02 Å². The van der Waals surface area contributed by atoms with E-state index in [0.717, 1.165) is 29.0 Å². The molecular formula is C18H19Cl2F2NO2S. The monoisotopic (exact) mass is 421 g/mol. The van der Waals surface area contributed by atoms with Crippen LogP contribution in [0, 0.1) is 13.8 Å². The third-order valence-corrected chi connectivity index (χ3v) is 5.43. The predicted octanol–water partition coefficient (Wildman–Crippen LogP) is 6.31. The molecule has 0 unspecified atom stereocenters. The lowest BCUT2D eigenvalue weighted by Gasteiger charge is -2.14. The number of aromatic nitrogens is 1. The van der Waals surface area contributed by atoms with Crippen molar-refractivity contribution >= 4 is 40.7 Å². The van der Waals surface area contributed by atoms with E-state index in [2.05, 4.69) is 0 Å². The van der Waals surface area contributed by atoms with Gasteiger partial charge in [-0.15, -0.1) is 0 Å². The molecule has 0 radical (unpaired) electrons. The number of pyridine rings is 1. The van der Waals surface area contributed by atoms with Crippen molar-refractivity contribution in [3.63, 3.8) is 0 Å². The molecule has 2 rings (SSSR count). The Kier molecular flexibility index (Phi) is 7.86. The summed E-state index contributed by atoms with van der Waals surface area (Å²) in [6.45, 7) is 8.79. The summed E-state index contributed by atoms with van der Waals surface area (Å²) in [5, 5.41) is -3.32. The molecule has 0 amide bonds. The minimum absolute atomic E-state index is 0.0807. The van der Waals surface area contributed by atoms with Crippen molar-refractivity contribution in [3.8, 4) is 0 Å². The first-order valence-corrected chi connectivity index (χ1v) is 9.38. The van der Waals surface area contributed by atoms with E-state index in [1.165, 1.54) is 6.92 Å². The lowest BCUT2D eigenvalue weighted by molar-refractivity contribution is 0.0888. The number of halogens is 4. The number of ketones is 1. The Hall–Kier alpha value is -1.37. The van der Waals surface area contributed by atoms with E-state index in [1.54, 1.807) is 13.8 Å². The van der Waals surface area contributed by atoms with Crippen LogP contribution in [0.15, 0.2) is 32.8 Å². The number of hydrogen-bond acceptors (Lipinski definition) is 3. The Morgan fingerprint density at radius 1 is 1.19 bits per heavy atom. The molecule has 1 aromatic carbocycles. The fourth-order valence-corrected chi connectivity index (χ4v) is 3.73. The highest BCUT2D eigenvalue weighted by molar-refractivity contribution is 7.99. The molecule has 2 aromatic rings. The van der Waals surface area contributed by atoms with E-state index in [9.17, 15) is 18.4 Å². The largest absolute Gasteiger partial charge is 0.362 e. The molecule has 0 aliphatic heterocycles. The van der Waals surface area contributed by atoms with Gasteiger partial charge in [0, 0.05) is 9.79 Å². The molecule has 1 aromatic heterocycles. The molecule has 0 saturated heterocycles. The van der Waals surface area contributed by atoms with E-state index in [4.69, 9.17) is 23.2 Å². The lowest BCUT2D eigenvalue weighted by Crippen LogP contribution is -2.22. The highest BCUT2D eigenvalue weighted by atomic mass is 35.5. The summed E-state index contributed by atoms with van der Waals surface area (Å²) in [5.74, 6) is -0.537. The van der Waals surface area contributed by atoms with Crippen molar-refractivity contribution in [2.45, 2.75) is 49.8 Å². The molecule has 0 fully saturated rings. The zero-order valence-electron chi connectivity index (χ0n) is 15.0. The Bertz CT molecular complexity index is 877. The van der Waals surface area contributed by atoms with Crippen molar-refractivity contribution in [3.05, 3.63) is 56.0 Å². The Labute approximate surface area is 165 Å². The number of H-pyrrole nitrogens is 1. The summed E-state index contributed by atoms with van der Waals surface area (Å²) in [6.07, 6.45) is 0. The number of aromatic amines is 1. The number of alkyl halides is 3. The van der Waals surface area contributed by atoms with Gasteiger partial charge < -0.3 is 4.98 Å². The maximum atomic E-state index is 13.4. The van der Waals surface area contributed by atoms with E-state index in [1.807, 2.05) is 31.0 Å². The summed E-state index contributed by atoms with van der Waals surface area (Å²) in [5.41, 5.74) is -0.305. The summed E-state index contributed by atoms with van der Waals surface area (Å²) < 4.78 is 26.8. The van der Waals surface area contributed by atoms with Gasteiger partial charge in [-0.25, -0.2) is 0 Å². The molecule has 1 N–H and O–H groups in total. The number of rotatable bonds is 4. The van der Waals surface area contributed by atoms with Crippen LogP contribution in [-0.4, -0.2) is 10.8 Å². The molecule has 0 aliphatic carbocycles. The Balaban J connectivity index is 0.00000163. The van der Waals surface area contributed by atoms with Crippen LogP contribution in [0.25, 0.3) is 0 Å². The van der Waals surface area contributed by atoms with E-state index in [-0.39, 0.29) is 10.5 Å². The van der Waals surface area contributed by atoms with Gasteiger partial charge >= 0.3 is 5.38 Å². The van der Waals surface area contributed by atoms with E-state index >= 15 is 0 Å². The lowest BCUT2D eigenvalue weighted by atomic mass is 10.2. The number of nitrogens with one attached hydrogen (secondary N) is 1. The van der Waals surface area contributed by atoms with E-state index in [0.29, 0.717) is 9.92 Å². The summed E-state index contributed by atoms with van der Waals surface area (Å²) in [4.78, 5) is 26.5. The molecule has 0 saturated carbocycles. The van der Waals surface area contributed by atoms with Crippen LogP contribution in [0.4, 0.5) is 8.78 Å². The van der Waals surface area contributed by atoms with Gasteiger partial charge in [0.2, 0.25) is 0 Å². The molecule has 0 bridgehead atoms. The van der Waals surface area contributed by atoms with Crippen molar-refractivity contribution in [2.24, 2.45) is 0 Å². The van der Waals surface area contributed by atoms with Crippen molar-refractivity contribution < 1.29 is 13.6 Å². The van der Waals surface area contributed by atoms with Gasteiger partial charge in [-0.05, 0) is 49.6 Å². The smallest absolute Gasteiger partial charge is 0.319 e. The second kappa shape index (κ2) is 9.02. The number of benzene rings is 1. The fraction of sp³-hybridized carbons (Fsp3) is 0.333. The average Bonchev–Trinajstić information content (AvgIpc) is 2.55. The van der Waals surface area contributed by atoms with Crippen LogP contribution >= 0.6 is 35.0 Å². The second-order valence-electron chi connectivity index (χ2n) is 5.25. The predicted molar refractivity (Wildman–Crippen MR) is 103 cm³/mol. The molecule has 3 nitrogen and oxygen atoms in total. The zero-order valence-corrected chi connectivity index (χ0v) is 17.3. The Morgan fingerprint density at radius 3 is 2.23 bits per heavy atom. The van der Waals surface area contributed by atoms with Gasteiger partial charge in [-0.1, -0.05) is 49.3 Å². The number of Topliss-reactive ketones (excluding diaryl/α,β-unsaturated/α-hetero) is 1. The number of aryl methyl sites for hydroxylation is 2. The van der Waals surface area contributed by atoms with Gasteiger partial charge in [-0.3, -0.25) is 9.59 Å². The maximum Gasteiger partial charge on any atom is 0.362 e. The number of carbonyl (C=O) groups is 1. The number of hydrogen-bond donors (Lipinski definition) is 1.